The quantitative estimate of drug-likeness (QED) is 0.662. The van der Waals surface area contributed by atoms with Gasteiger partial charge < -0.3 is 9.94 Å². The van der Waals surface area contributed by atoms with Gasteiger partial charge in [-0.2, -0.15) is 5.48 Å². The Kier molecular flexibility index (Phi) is 4.46. The SMILES string of the molecule is CONCc1ccc(CCO)cc1. The minimum Gasteiger partial charge on any atom is -0.396 e. The first kappa shape index (κ1) is 10.2. The van der Waals surface area contributed by atoms with Gasteiger partial charge in [-0.15, -0.1) is 0 Å². The fourth-order valence-electron chi connectivity index (χ4n) is 1.11. The Labute approximate surface area is 78.3 Å². The zero-order valence-corrected chi connectivity index (χ0v) is 7.79. The summed E-state index contributed by atoms with van der Waals surface area (Å²) in [6.45, 7) is 0.908. The van der Waals surface area contributed by atoms with Gasteiger partial charge in [-0.25, -0.2) is 0 Å². The van der Waals surface area contributed by atoms with Gasteiger partial charge in [0.25, 0.3) is 0 Å². The summed E-state index contributed by atoms with van der Waals surface area (Å²) < 4.78 is 0. The molecule has 0 aliphatic rings. The molecule has 0 aliphatic heterocycles. The third-order valence-corrected chi connectivity index (χ3v) is 1.84. The molecule has 3 heteroatoms. The van der Waals surface area contributed by atoms with Gasteiger partial charge in [0.15, 0.2) is 0 Å². The van der Waals surface area contributed by atoms with Crippen molar-refractivity contribution in [3.8, 4) is 0 Å². The summed E-state index contributed by atoms with van der Waals surface area (Å²) >= 11 is 0. The lowest BCUT2D eigenvalue weighted by molar-refractivity contribution is 0.0867. The van der Waals surface area contributed by atoms with Crippen molar-refractivity contribution in [2.24, 2.45) is 0 Å². The number of hydroxylamine groups is 1. The maximum absolute atomic E-state index is 8.70. The molecular weight excluding hydrogens is 166 g/mol. The average molecular weight is 181 g/mol. The van der Waals surface area contributed by atoms with Crippen molar-refractivity contribution in [2.75, 3.05) is 13.7 Å². The van der Waals surface area contributed by atoms with Gasteiger partial charge in [-0.3, -0.25) is 0 Å². The molecule has 0 amide bonds. The Morgan fingerprint density at radius 2 is 1.85 bits per heavy atom. The van der Waals surface area contributed by atoms with Gasteiger partial charge in [0.05, 0.1) is 7.11 Å². The van der Waals surface area contributed by atoms with Gasteiger partial charge in [-0.05, 0) is 17.5 Å². The highest BCUT2D eigenvalue weighted by atomic mass is 16.6. The van der Waals surface area contributed by atoms with Crippen molar-refractivity contribution in [3.63, 3.8) is 0 Å². The number of nitrogens with one attached hydrogen (secondary N) is 1. The van der Waals surface area contributed by atoms with E-state index in [2.05, 4.69) is 5.48 Å². The maximum Gasteiger partial charge on any atom is 0.0572 e. The summed E-state index contributed by atoms with van der Waals surface area (Å²) in [6, 6.07) is 8.08. The van der Waals surface area contributed by atoms with Crippen LogP contribution in [0.1, 0.15) is 11.1 Å². The minimum atomic E-state index is 0.204. The van der Waals surface area contributed by atoms with Crippen LogP contribution in [0.5, 0.6) is 0 Å². The molecule has 0 bridgehead atoms. The monoisotopic (exact) mass is 181 g/mol. The molecule has 0 fully saturated rings. The van der Waals surface area contributed by atoms with Crippen molar-refractivity contribution in [3.05, 3.63) is 35.4 Å². The maximum atomic E-state index is 8.70. The molecule has 2 N–H and O–H groups in total. The van der Waals surface area contributed by atoms with E-state index in [-0.39, 0.29) is 6.61 Å². The van der Waals surface area contributed by atoms with Crippen LogP contribution in [0, 0.1) is 0 Å². The molecule has 0 heterocycles. The normalized spacial score (nSPS) is 10.3. The highest BCUT2D eigenvalue weighted by Gasteiger charge is 1.93. The fraction of sp³-hybridized carbons (Fsp3) is 0.400. The van der Waals surface area contributed by atoms with E-state index in [4.69, 9.17) is 9.94 Å². The van der Waals surface area contributed by atoms with Crippen LogP contribution in [0.2, 0.25) is 0 Å². The zero-order valence-electron chi connectivity index (χ0n) is 7.79. The van der Waals surface area contributed by atoms with Gasteiger partial charge in [-0.1, -0.05) is 24.3 Å². The molecule has 0 aromatic heterocycles. The largest absolute Gasteiger partial charge is 0.396 e. The number of benzene rings is 1. The van der Waals surface area contributed by atoms with Crippen LogP contribution < -0.4 is 5.48 Å². The highest BCUT2D eigenvalue weighted by Crippen LogP contribution is 2.04. The smallest absolute Gasteiger partial charge is 0.0572 e. The molecule has 72 valence electrons. The standard InChI is InChI=1S/C10H15NO2/c1-13-11-8-10-4-2-9(3-5-10)6-7-12/h2-5,11-12H,6-8H2,1H3. The van der Waals surface area contributed by atoms with Crippen molar-refractivity contribution < 1.29 is 9.94 Å². The Morgan fingerprint density at radius 1 is 1.23 bits per heavy atom. The molecule has 3 nitrogen and oxygen atoms in total. The second-order valence-corrected chi connectivity index (χ2v) is 2.82. The highest BCUT2D eigenvalue weighted by molar-refractivity contribution is 5.22. The van der Waals surface area contributed by atoms with Crippen LogP contribution in [-0.4, -0.2) is 18.8 Å². The number of hydrogen-bond acceptors (Lipinski definition) is 3. The number of rotatable bonds is 5. The Hall–Kier alpha value is -0.900. The van der Waals surface area contributed by atoms with Crippen molar-refractivity contribution in [2.45, 2.75) is 13.0 Å². The third-order valence-electron chi connectivity index (χ3n) is 1.84. The first-order valence-corrected chi connectivity index (χ1v) is 4.31. The van der Waals surface area contributed by atoms with E-state index in [9.17, 15) is 0 Å². The minimum absolute atomic E-state index is 0.204. The second-order valence-electron chi connectivity index (χ2n) is 2.82. The first-order valence-electron chi connectivity index (χ1n) is 4.31. The van der Waals surface area contributed by atoms with Gasteiger partial charge in [0, 0.05) is 13.2 Å². The molecule has 0 saturated carbocycles. The van der Waals surface area contributed by atoms with E-state index in [1.54, 1.807) is 7.11 Å². The van der Waals surface area contributed by atoms with Crippen molar-refractivity contribution in [1.29, 1.82) is 0 Å². The average Bonchev–Trinajstić information content (AvgIpc) is 2.17. The van der Waals surface area contributed by atoms with E-state index in [0.717, 1.165) is 12.0 Å². The third kappa shape index (κ3) is 3.55. The van der Waals surface area contributed by atoms with E-state index in [0.29, 0.717) is 6.54 Å². The number of aliphatic hydroxyl groups excluding tert-OH is 1. The van der Waals surface area contributed by atoms with E-state index in [1.807, 2.05) is 24.3 Å². The van der Waals surface area contributed by atoms with Crippen LogP contribution in [0.15, 0.2) is 24.3 Å². The summed E-state index contributed by atoms with van der Waals surface area (Å²) in [6.07, 6.45) is 0.720. The Balaban J connectivity index is 2.48. The predicted molar refractivity (Wildman–Crippen MR) is 51.1 cm³/mol. The summed E-state index contributed by atoms with van der Waals surface area (Å²) in [5, 5.41) is 8.70. The van der Waals surface area contributed by atoms with Gasteiger partial charge in [0.2, 0.25) is 0 Å². The summed E-state index contributed by atoms with van der Waals surface area (Å²) in [5.74, 6) is 0. The molecule has 1 aromatic carbocycles. The summed E-state index contributed by atoms with van der Waals surface area (Å²) in [7, 11) is 1.60. The van der Waals surface area contributed by atoms with E-state index < -0.39 is 0 Å². The topological polar surface area (TPSA) is 41.5 Å². The van der Waals surface area contributed by atoms with Gasteiger partial charge >= 0.3 is 0 Å². The van der Waals surface area contributed by atoms with Crippen molar-refractivity contribution in [1.82, 2.24) is 5.48 Å². The fourth-order valence-corrected chi connectivity index (χ4v) is 1.11. The molecule has 0 aliphatic carbocycles. The lowest BCUT2D eigenvalue weighted by Gasteiger charge is -2.03. The second kappa shape index (κ2) is 5.70. The summed E-state index contributed by atoms with van der Waals surface area (Å²) in [5.41, 5.74) is 5.09. The van der Waals surface area contributed by atoms with Crippen LogP contribution in [-0.2, 0) is 17.8 Å². The van der Waals surface area contributed by atoms with Crippen molar-refractivity contribution >= 4 is 0 Å². The molecule has 0 atom stereocenters. The van der Waals surface area contributed by atoms with Crippen LogP contribution in [0.25, 0.3) is 0 Å². The van der Waals surface area contributed by atoms with Gasteiger partial charge in [0.1, 0.15) is 0 Å². The van der Waals surface area contributed by atoms with Crippen LogP contribution >= 0.6 is 0 Å². The Morgan fingerprint density at radius 3 is 2.38 bits per heavy atom. The van der Waals surface area contributed by atoms with E-state index in [1.165, 1.54) is 5.56 Å². The Bertz CT molecular complexity index is 233. The first-order chi connectivity index (χ1) is 6.36. The lowest BCUT2D eigenvalue weighted by Crippen LogP contribution is -2.10. The van der Waals surface area contributed by atoms with E-state index >= 15 is 0 Å². The summed E-state index contributed by atoms with van der Waals surface area (Å²) in [4.78, 5) is 4.73. The molecule has 13 heavy (non-hydrogen) atoms. The van der Waals surface area contributed by atoms with Crippen LogP contribution in [0.4, 0.5) is 0 Å². The number of aliphatic hydroxyl groups is 1. The molecule has 1 rings (SSSR count). The molecule has 0 radical (unpaired) electrons. The zero-order chi connectivity index (χ0) is 9.52. The molecule has 1 aromatic rings. The van der Waals surface area contributed by atoms with Crippen LogP contribution in [0.3, 0.4) is 0 Å². The lowest BCUT2D eigenvalue weighted by atomic mass is 10.1. The molecule has 0 spiro atoms. The molecular formula is C10H15NO2. The molecule has 0 saturated heterocycles. The number of hydrogen-bond donors (Lipinski definition) is 2. The molecule has 0 unspecified atom stereocenters. The predicted octanol–water partition coefficient (Wildman–Crippen LogP) is 0.872.